The van der Waals surface area contributed by atoms with E-state index in [0.29, 0.717) is 6.54 Å². The second-order valence-corrected chi connectivity index (χ2v) is 9.19. The Morgan fingerprint density at radius 2 is 1.85 bits per heavy atom. The molecule has 5 nitrogen and oxygen atoms in total. The van der Waals surface area contributed by atoms with Gasteiger partial charge in [-0.2, -0.15) is 0 Å². The Labute approximate surface area is 165 Å². The molecule has 0 atom stereocenters. The molecule has 144 valence electrons. The Morgan fingerprint density at radius 1 is 1.19 bits per heavy atom. The molecule has 7 heteroatoms. The average molecular weight is 407 g/mol. The van der Waals surface area contributed by atoms with Gasteiger partial charge >= 0.3 is 0 Å². The standard InChI is InChI=1S/C20H23ClN2O3S/c1-14(2)22-27(25,26)17-10-11-19(21)18(12-17)20(24)23(16-8-9-16)13-15-6-4-3-5-7-15/h3-7,10-12,14,16,22H,8-9,13H2,1-2H3. The van der Waals surface area contributed by atoms with Crippen molar-refractivity contribution in [2.24, 2.45) is 0 Å². The summed E-state index contributed by atoms with van der Waals surface area (Å²) in [5, 5.41) is 0.252. The van der Waals surface area contributed by atoms with Crippen molar-refractivity contribution in [2.45, 2.75) is 50.2 Å². The van der Waals surface area contributed by atoms with E-state index in [1.165, 1.54) is 18.2 Å². The van der Waals surface area contributed by atoms with E-state index in [1.807, 2.05) is 30.3 Å². The lowest BCUT2D eigenvalue weighted by Gasteiger charge is -2.23. The van der Waals surface area contributed by atoms with Gasteiger partial charge in [0.15, 0.2) is 0 Å². The lowest BCUT2D eigenvalue weighted by molar-refractivity contribution is 0.0730. The van der Waals surface area contributed by atoms with Gasteiger partial charge in [-0.1, -0.05) is 41.9 Å². The number of amides is 1. The summed E-state index contributed by atoms with van der Waals surface area (Å²) in [6, 6.07) is 13.9. The van der Waals surface area contributed by atoms with Crippen molar-refractivity contribution in [3.8, 4) is 0 Å². The maximum atomic E-state index is 13.2. The largest absolute Gasteiger partial charge is 0.331 e. The number of rotatable bonds is 7. The molecule has 0 heterocycles. The first kappa shape index (κ1) is 19.9. The second kappa shape index (κ2) is 8.00. The van der Waals surface area contributed by atoms with Crippen molar-refractivity contribution in [3.05, 3.63) is 64.7 Å². The van der Waals surface area contributed by atoms with Crippen molar-refractivity contribution in [1.29, 1.82) is 0 Å². The molecule has 0 aromatic heterocycles. The van der Waals surface area contributed by atoms with Crippen molar-refractivity contribution in [3.63, 3.8) is 0 Å². The highest BCUT2D eigenvalue weighted by molar-refractivity contribution is 7.89. The van der Waals surface area contributed by atoms with E-state index in [0.717, 1.165) is 18.4 Å². The van der Waals surface area contributed by atoms with Crippen LogP contribution in [0, 0.1) is 0 Å². The molecule has 1 saturated carbocycles. The first-order chi connectivity index (χ1) is 12.8. The average Bonchev–Trinajstić information content (AvgIpc) is 3.44. The van der Waals surface area contributed by atoms with Crippen molar-refractivity contribution < 1.29 is 13.2 Å². The first-order valence-corrected chi connectivity index (χ1v) is 10.8. The summed E-state index contributed by atoms with van der Waals surface area (Å²) in [7, 11) is -3.70. The van der Waals surface area contributed by atoms with Gasteiger partial charge in [0.1, 0.15) is 0 Å². The summed E-state index contributed by atoms with van der Waals surface area (Å²) >= 11 is 6.26. The lowest BCUT2D eigenvalue weighted by Crippen LogP contribution is -2.33. The number of hydrogen-bond donors (Lipinski definition) is 1. The highest BCUT2D eigenvalue weighted by atomic mass is 35.5. The third-order valence-corrected chi connectivity index (χ3v) is 6.30. The smallest absolute Gasteiger partial charge is 0.255 e. The molecule has 1 N–H and O–H groups in total. The van der Waals surface area contributed by atoms with E-state index in [2.05, 4.69) is 4.72 Å². The molecule has 27 heavy (non-hydrogen) atoms. The highest BCUT2D eigenvalue weighted by Crippen LogP contribution is 2.32. The van der Waals surface area contributed by atoms with E-state index >= 15 is 0 Å². The Bertz CT molecular complexity index is 925. The molecule has 2 aromatic carbocycles. The maximum absolute atomic E-state index is 13.2. The van der Waals surface area contributed by atoms with Crippen LogP contribution in [0.5, 0.6) is 0 Å². The fraction of sp³-hybridized carbons (Fsp3) is 0.350. The Hall–Kier alpha value is -1.89. The van der Waals surface area contributed by atoms with E-state index in [1.54, 1.807) is 18.7 Å². The Kier molecular flexibility index (Phi) is 5.89. The van der Waals surface area contributed by atoms with Gasteiger partial charge in [-0.3, -0.25) is 4.79 Å². The third-order valence-electron chi connectivity index (χ3n) is 4.31. The first-order valence-electron chi connectivity index (χ1n) is 8.94. The number of halogens is 1. The number of carbonyl (C=O) groups is 1. The van der Waals surface area contributed by atoms with E-state index in [4.69, 9.17) is 11.6 Å². The quantitative estimate of drug-likeness (QED) is 0.759. The van der Waals surface area contributed by atoms with Gasteiger partial charge in [0.25, 0.3) is 5.91 Å². The zero-order valence-corrected chi connectivity index (χ0v) is 16.9. The van der Waals surface area contributed by atoms with E-state index in [9.17, 15) is 13.2 Å². The number of nitrogens with one attached hydrogen (secondary N) is 1. The minimum atomic E-state index is -3.70. The molecular weight excluding hydrogens is 384 g/mol. The summed E-state index contributed by atoms with van der Waals surface area (Å²) in [5.41, 5.74) is 1.24. The molecule has 3 rings (SSSR count). The van der Waals surface area contributed by atoms with Gasteiger partial charge in [0.05, 0.1) is 15.5 Å². The number of sulfonamides is 1. The summed E-state index contributed by atoms with van der Waals surface area (Å²) in [4.78, 5) is 15.0. The van der Waals surface area contributed by atoms with Crippen LogP contribution in [0.15, 0.2) is 53.4 Å². The van der Waals surface area contributed by atoms with Crippen LogP contribution in [0.2, 0.25) is 5.02 Å². The molecule has 2 aromatic rings. The molecule has 1 aliphatic carbocycles. The summed E-state index contributed by atoms with van der Waals surface area (Å²) in [6.07, 6.45) is 1.90. The lowest BCUT2D eigenvalue weighted by atomic mass is 10.1. The van der Waals surface area contributed by atoms with Gasteiger partial charge in [0, 0.05) is 18.6 Å². The third kappa shape index (κ3) is 4.89. The second-order valence-electron chi connectivity index (χ2n) is 7.07. The van der Waals surface area contributed by atoms with Crippen LogP contribution in [-0.4, -0.2) is 31.3 Å². The molecule has 0 unspecified atom stereocenters. The zero-order chi connectivity index (χ0) is 19.6. The minimum Gasteiger partial charge on any atom is -0.331 e. The number of benzene rings is 2. The fourth-order valence-corrected chi connectivity index (χ4v) is 4.38. The van der Waals surface area contributed by atoms with Gasteiger partial charge in [-0.15, -0.1) is 0 Å². The normalized spacial score (nSPS) is 14.4. The number of nitrogens with zero attached hydrogens (tertiary/aromatic N) is 1. The molecule has 0 bridgehead atoms. The zero-order valence-electron chi connectivity index (χ0n) is 15.4. The maximum Gasteiger partial charge on any atom is 0.255 e. The number of carbonyl (C=O) groups excluding carboxylic acids is 1. The minimum absolute atomic E-state index is 0.0411. The predicted molar refractivity (Wildman–Crippen MR) is 106 cm³/mol. The van der Waals surface area contributed by atoms with Crippen LogP contribution in [0.4, 0.5) is 0 Å². The van der Waals surface area contributed by atoms with E-state index < -0.39 is 10.0 Å². The molecule has 1 fully saturated rings. The van der Waals surface area contributed by atoms with Gasteiger partial charge in [-0.25, -0.2) is 13.1 Å². The summed E-state index contributed by atoms with van der Waals surface area (Å²) in [6.45, 7) is 3.96. The van der Waals surface area contributed by atoms with Gasteiger partial charge in [-0.05, 0) is 50.5 Å². The van der Waals surface area contributed by atoms with Crippen LogP contribution in [-0.2, 0) is 16.6 Å². The van der Waals surface area contributed by atoms with Crippen LogP contribution >= 0.6 is 11.6 Å². The highest BCUT2D eigenvalue weighted by Gasteiger charge is 2.34. The summed E-state index contributed by atoms with van der Waals surface area (Å²) < 4.78 is 27.4. The monoisotopic (exact) mass is 406 g/mol. The molecule has 0 radical (unpaired) electrons. The van der Waals surface area contributed by atoms with Gasteiger partial charge in [0.2, 0.25) is 10.0 Å². The van der Waals surface area contributed by atoms with Crippen molar-refractivity contribution >= 4 is 27.5 Å². The molecule has 0 aliphatic heterocycles. The van der Waals surface area contributed by atoms with Crippen LogP contribution in [0.25, 0.3) is 0 Å². The SMILES string of the molecule is CC(C)NS(=O)(=O)c1ccc(Cl)c(C(=O)N(Cc2ccccc2)C2CC2)c1. The molecule has 0 spiro atoms. The molecular formula is C20H23ClN2O3S. The van der Waals surface area contributed by atoms with Crippen molar-refractivity contribution in [1.82, 2.24) is 9.62 Å². The van der Waals surface area contributed by atoms with Crippen LogP contribution in [0.3, 0.4) is 0 Å². The van der Waals surface area contributed by atoms with Crippen molar-refractivity contribution in [2.75, 3.05) is 0 Å². The molecule has 1 amide bonds. The van der Waals surface area contributed by atoms with Crippen LogP contribution in [0.1, 0.15) is 42.6 Å². The van der Waals surface area contributed by atoms with Gasteiger partial charge < -0.3 is 4.90 Å². The Balaban J connectivity index is 1.91. The topological polar surface area (TPSA) is 66.5 Å². The summed E-state index contributed by atoms with van der Waals surface area (Å²) in [5.74, 6) is -0.243. The molecule has 0 saturated heterocycles. The predicted octanol–water partition coefficient (Wildman–Crippen LogP) is 3.83. The Morgan fingerprint density at radius 3 is 2.44 bits per heavy atom. The van der Waals surface area contributed by atoms with Crippen LogP contribution < -0.4 is 4.72 Å². The van der Waals surface area contributed by atoms with E-state index in [-0.39, 0.29) is 33.5 Å². The fourth-order valence-electron chi connectivity index (χ4n) is 2.90. The molecule has 1 aliphatic rings. The number of hydrogen-bond acceptors (Lipinski definition) is 3.